The average molecular weight is 453 g/mol. The third-order valence-corrected chi connectivity index (χ3v) is 6.91. The van der Waals surface area contributed by atoms with E-state index in [-0.39, 0.29) is 18.1 Å². The molecule has 2 aromatic carbocycles. The van der Waals surface area contributed by atoms with Crippen molar-refractivity contribution in [1.82, 2.24) is 5.32 Å². The van der Waals surface area contributed by atoms with Crippen LogP contribution in [-0.4, -0.2) is 25.2 Å². The number of hydrogen-bond donors (Lipinski definition) is 2. The van der Waals surface area contributed by atoms with Crippen molar-refractivity contribution in [2.45, 2.75) is 37.3 Å². The molecule has 0 bridgehead atoms. The Bertz CT molecular complexity index is 934. The van der Waals surface area contributed by atoms with E-state index in [4.69, 9.17) is 4.74 Å². The molecule has 2 heterocycles. The van der Waals surface area contributed by atoms with Crippen molar-refractivity contribution in [3.8, 4) is 0 Å². The second-order valence-electron chi connectivity index (χ2n) is 8.14. The Morgan fingerprint density at radius 3 is 2.86 bits per heavy atom. The lowest BCUT2D eigenvalue weighted by Crippen LogP contribution is -2.34. The summed E-state index contributed by atoms with van der Waals surface area (Å²) in [6.45, 7) is 1.37. The van der Waals surface area contributed by atoms with Gasteiger partial charge in [-0.3, -0.25) is 4.79 Å². The van der Waals surface area contributed by atoms with Crippen molar-refractivity contribution in [1.29, 1.82) is 0 Å². The normalized spacial score (nSPS) is 27.2. The van der Waals surface area contributed by atoms with Gasteiger partial charge in [-0.1, -0.05) is 52.3 Å². The predicted octanol–water partition coefficient (Wildman–Crippen LogP) is 5.18. The summed E-state index contributed by atoms with van der Waals surface area (Å²) in [5.41, 5.74) is 4.17. The maximum Gasteiger partial charge on any atom is 0.253 e. The third-order valence-electron chi connectivity index (χ3n) is 6.38. The number of hydrogen-bond acceptors (Lipinski definition) is 3. The van der Waals surface area contributed by atoms with Gasteiger partial charge in [0.25, 0.3) is 5.91 Å². The lowest BCUT2D eigenvalue weighted by atomic mass is 9.76. The molecule has 1 amide bonds. The number of allylic oxidation sites excluding steroid dienone is 2. The van der Waals surface area contributed by atoms with Gasteiger partial charge in [-0.05, 0) is 54.5 Å². The number of para-hydroxylation sites is 1. The fourth-order valence-electron chi connectivity index (χ4n) is 4.92. The number of nitrogens with one attached hydrogen (secondary N) is 2. The Balaban J connectivity index is 1.45. The van der Waals surface area contributed by atoms with Crippen LogP contribution in [0.25, 0.3) is 0 Å². The summed E-state index contributed by atoms with van der Waals surface area (Å²) >= 11 is 3.53. The van der Waals surface area contributed by atoms with Gasteiger partial charge in [0.1, 0.15) is 0 Å². The lowest BCUT2D eigenvalue weighted by Gasteiger charge is -2.38. The molecule has 29 heavy (non-hydrogen) atoms. The van der Waals surface area contributed by atoms with E-state index in [2.05, 4.69) is 69.0 Å². The predicted molar refractivity (Wildman–Crippen MR) is 118 cm³/mol. The number of benzene rings is 2. The van der Waals surface area contributed by atoms with Crippen molar-refractivity contribution in [2.24, 2.45) is 5.92 Å². The van der Waals surface area contributed by atoms with E-state index in [1.54, 1.807) is 0 Å². The Morgan fingerprint density at radius 1 is 1.21 bits per heavy atom. The zero-order chi connectivity index (χ0) is 19.8. The van der Waals surface area contributed by atoms with Crippen LogP contribution < -0.4 is 10.6 Å². The topological polar surface area (TPSA) is 50.4 Å². The van der Waals surface area contributed by atoms with E-state index in [0.717, 1.165) is 41.6 Å². The molecule has 1 aliphatic carbocycles. The molecule has 1 fully saturated rings. The Kier molecular flexibility index (Phi) is 5.18. The van der Waals surface area contributed by atoms with E-state index >= 15 is 0 Å². The van der Waals surface area contributed by atoms with Crippen LogP contribution in [0.3, 0.4) is 0 Å². The average Bonchev–Trinajstić information content (AvgIpc) is 3.44. The zero-order valence-corrected chi connectivity index (χ0v) is 17.8. The minimum atomic E-state index is -0.0279. The van der Waals surface area contributed by atoms with Crippen molar-refractivity contribution >= 4 is 27.5 Å². The van der Waals surface area contributed by atoms with Gasteiger partial charge >= 0.3 is 0 Å². The molecule has 2 aromatic rings. The molecule has 0 aromatic heterocycles. The highest BCUT2D eigenvalue weighted by Crippen LogP contribution is 2.50. The standard InChI is InChI=1S/C24H25BrN2O2/c25-16-11-9-15(10-12-16)22-19-6-1-5-18(19)20-7-2-8-21(23(20)27-22)24(28)26-14-17-4-3-13-29-17/h1-2,5,7-12,17-19,22,27H,3-4,6,13-14H2,(H,26,28). The van der Waals surface area contributed by atoms with Gasteiger partial charge in [0.2, 0.25) is 0 Å². The number of carbonyl (C=O) groups is 1. The van der Waals surface area contributed by atoms with E-state index in [1.807, 2.05) is 12.1 Å². The Morgan fingerprint density at radius 2 is 2.07 bits per heavy atom. The van der Waals surface area contributed by atoms with Gasteiger partial charge in [0.05, 0.1) is 23.4 Å². The van der Waals surface area contributed by atoms with Crippen LogP contribution in [-0.2, 0) is 4.74 Å². The number of fused-ring (bicyclic) bond motifs is 3. The molecule has 2 aliphatic heterocycles. The van der Waals surface area contributed by atoms with Crippen LogP contribution in [0, 0.1) is 5.92 Å². The van der Waals surface area contributed by atoms with Crippen LogP contribution in [0.2, 0.25) is 0 Å². The molecule has 2 N–H and O–H groups in total. The number of rotatable bonds is 4. The molecule has 0 spiro atoms. The molecule has 150 valence electrons. The first-order valence-corrected chi connectivity index (χ1v) is 11.2. The molecule has 3 aliphatic rings. The summed E-state index contributed by atoms with van der Waals surface area (Å²) in [4.78, 5) is 13.0. The summed E-state index contributed by atoms with van der Waals surface area (Å²) < 4.78 is 6.73. The molecule has 4 atom stereocenters. The third kappa shape index (κ3) is 3.62. The number of carbonyl (C=O) groups excluding carboxylic acids is 1. The van der Waals surface area contributed by atoms with Gasteiger partial charge in [-0.2, -0.15) is 0 Å². The van der Waals surface area contributed by atoms with Crippen LogP contribution in [0.4, 0.5) is 5.69 Å². The maximum atomic E-state index is 13.0. The number of anilines is 1. The second-order valence-corrected chi connectivity index (χ2v) is 9.06. The molecule has 4 nitrogen and oxygen atoms in total. The van der Waals surface area contributed by atoms with E-state index in [9.17, 15) is 4.79 Å². The van der Waals surface area contributed by atoms with Gasteiger partial charge < -0.3 is 15.4 Å². The Hall–Kier alpha value is -2.11. The molecule has 1 saturated heterocycles. The first-order valence-electron chi connectivity index (χ1n) is 10.4. The largest absolute Gasteiger partial charge is 0.377 e. The van der Waals surface area contributed by atoms with E-state index in [1.165, 1.54) is 11.1 Å². The van der Waals surface area contributed by atoms with Crippen molar-refractivity contribution < 1.29 is 9.53 Å². The molecule has 0 saturated carbocycles. The summed E-state index contributed by atoms with van der Waals surface area (Å²) in [7, 11) is 0. The number of ether oxygens (including phenoxy) is 1. The summed E-state index contributed by atoms with van der Waals surface area (Å²) in [5, 5.41) is 6.82. The molecular weight excluding hydrogens is 428 g/mol. The van der Waals surface area contributed by atoms with E-state index in [0.29, 0.717) is 18.4 Å². The lowest BCUT2D eigenvalue weighted by molar-refractivity contribution is 0.0858. The van der Waals surface area contributed by atoms with Gasteiger partial charge in [0, 0.05) is 23.5 Å². The monoisotopic (exact) mass is 452 g/mol. The van der Waals surface area contributed by atoms with Crippen molar-refractivity contribution in [2.75, 3.05) is 18.5 Å². The number of amides is 1. The highest BCUT2D eigenvalue weighted by Gasteiger charge is 2.39. The minimum Gasteiger partial charge on any atom is -0.377 e. The molecule has 4 unspecified atom stereocenters. The zero-order valence-electron chi connectivity index (χ0n) is 16.2. The van der Waals surface area contributed by atoms with Crippen LogP contribution in [0.1, 0.15) is 52.7 Å². The number of halogens is 1. The smallest absolute Gasteiger partial charge is 0.253 e. The van der Waals surface area contributed by atoms with Gasteiger partial charge in [-0.15, -0.1) is 0 Å². The summed E-state index contributed by atoms with van der Waals surface area (Å²) in [5.74, 6) is 0.777. The quantitative estimate of drug-likeness (QED) is 0.627. The molecular formula is C24H25BrN2O2. The van der Waals surface area contributed by atoms with Gasteiger partial charge in [-0.25, -0.2) is 0 Å². The summed E-state index contributed by atoms with van der Waals surface area (Å²) in [6, 6.07) is 14.8. The first-order chi connectivity index (χ1) is 14.2. The fraction of sp³-hybridized carbons (Fsp3) is 0.375. The molecule has 0 radical (unpaired) electrons. The first kappa shape index (κ1) is 18.9. The molecule has 5 rings (SSSR count). The second kappa shape index (κ2) is 7.96. The fourth-order valence-corrected chi connectivity index (χ4v) is 5.18. The Labute approximate surface area is 179 Å². The van der Waals surface area contributed by atoms with E-state index < -0.39 is 0 Å². The highest BCUT2D eigenvalue weighted by atomic mass is 79.9. The van der Waals surface area contributed by atoms with Gasteiger partial charge in [0.15, 0.2) is 0 Å². The SMILES string of the molecule is O=C(NCC1CCCO1)c1cccc2c1NC(c1ccc(Br)cc1)C1CC=CC21. The van der Waals surface area contributed by atoms with Crippen LogP contribution >= 0.6 is 15.9 Å². The summed E-state index contributed by atoms with van der Waals surface area (Å²) in [6.07, 6.45) is 7.88. The highest BCUT2D eigenvalue weighted by molar-refractivity contribution is 9.10. The van der Waals surface area contributed by atoms with Crippen molar-refractivity contribution in [3.63, 3.8) is 0 Å². The van der Waals surface area contributed by atoms with Crippen LogP contribution in [0.15, 0.2) is 59.1 Å². The van der Waals surface area contributed by atoms with Crippen molar-refractivity contribution in [3.05, 3.63) is 75.8 Å². The molecule has 5 heteroatoms. The minimum absolute atomic E-state index is 0.0279. The maximum absolute atomic E-state index is 13.0. The van der Waals surface area contributed by atoms with Crippen LogP contribution in [0.5, 0.6) is 0 Å².